The Hall–Kier alpha value is -1.77. The molecule has 1 aromatic carbocycles. The molecule has 0 spiro atoms. The monoisotopic (exact) mass is 206 g/mol. The van der Waals surface area contributed by atoms with Crippen molar-refractivity contribution in [2.75, 3.05) is 7.11 Å². The molecule has 0 aliphatic carbocycles. The lowest BCUT2D eigenvalue weighted by Crippen LogP contribution is -2.04. The maximum Gasteiger partial charge on any atom is 0.309 e. The molecule has 0 saturated carbocycles. The third-order valence-corrected chi connectivity index (χ3v) is 2.09. The first-order valence-corrected chi connectivity index (χ1v) is 4.66. The van der Waals surface area contributed by atoms with Crippen molar-refractivity contribution in [2.24, 2.45) is 0 Å². The molecule has 1 aromatic rings. The fourth-order valence-corrected chi connectivity index (χ4v) is 1.29. The number of benzene rings is 1. The van der Waals surface area contributed by atoms with E-state index < -0.39 is 0 Å². The maximum atomic E-state index is 11.0. The first-order valence-electron chi connectivity index (χ1n) is 4.66. The minimum absolute atomic E-state index is 0.179. The van der Waals surface area contributed by atoms with E-state index in [-0.39, 0.29) is 18.1 Å². The molecule has 0 aliphatic heterocycles. The van der Waals surface area contributed by atoms with Gasteiger partial charge in [0.05, 0.1) is 13.5 Å². The SMILES string of the molecule is C=CCc1ccc(CC(=O)OC)cc1O. The molecular formula is C12H14O3. The molecule has 0 bridgehead atoms. The number of methoxy groups -OCH3 is 1. The largest absolute Gasteiger partial charge is 0.508 e. The number of rotatable bonds is 4. The van der Waals surface area contributed by atoms with E-state index in [1.165, 1.54) is 7.11 Å². The van der Waals surface area contributed by atoms with Crippen LogP contribution in [0.25, 0.3) is 0 Å². The number of carbonyl (C=O) groups is 1. The highest BCUT2D eigenvalue weighted by Crippen LogP contribution is 2.20. The van der Waals surface area contributed by atoms with E-state index in [4.69, 9.17) is 0 Å². The highest BCUT2D eigenvalue weighted by Gasteiger charge is 2.05. The molecule has 80 valence electrons. The predicted molar refractivity (Wildman–Crippen MR) is 57.7 cm³/mol. The summed E-state index contributed by atoms with van der Waals surface area (Å²) in [7, 11) is 1.34. The van der Waals surface area contributed by atoms with E-state index >= 15 is 0 Å². The zero-order valence-electron chi connectivity index (χ0n) is 8.69. The van der Waals surface area contributed by atoms with E-state index in [1.807, 2.05) is 0 Å². The van der Waals surface area contributed by atoms with Gasteiger partial charge in [-0.1, -0.05) is 18.2 Å². The third kappa shape index (κ3) is 3.13. The van der Waals surface area contributed by atoms with Crippen molar-refractivity contribution >= 4 is 5.97 Å². The van der Waals surface area contributed by atoms with Crippen LogP contribution < -0.4 is 0 Å². The molecule has 1 N–H and O–H groups in total. The standard InChI is InChI=1S/C12H14O3/c1-3-4-10-6-5-9(7-11(10)13)8-12(14)15-2/h3,5-7,13H,1,4,8H2,2H3. The Morgan fingerprint density at radius 3 is 2.87 bits per heavy atom. The second-order valence-corrected chi connectivity index (χ2v) is 3.21. The predicted octanol–water partition coefficient (Wildman–Crippen LogP) is 1.84. The van der Waals surface area contributed by atoms with Crippen molar-refractivity contribution in [1.29, 1.82) is 0 Å². The van der Waals surface area contributed by atoms with Gasteiger partial charge in [-0.05, 0) is 23.6 Å². The van der Waals surface area contributed by atoms with Gasteiger partial charge in [0, 0.05) is 0 Å². The van der Waals surface area contributed by atoms with Crippen LogP contribution in [-0.2, 0) is 22.4 Å². The zero-order valence-corrected chi connectivity index (χ0v) is 8.69. The maximum absolute atomic E-state index is 11.0. The van der Waals surface area contributed by atoms with Crippen molar-refractivity contribution in [3.05, 3.63) is 42.0 Å². The van der Waals surface area contributed by atoms with Crippen LogP contribution in [0.4, 0.5) is 0 Å². The molecule has 0 saturated heterocycles. The first kappa shape index (κ1) is 11.3. The summed E-state index contributed by atoms with van der Waals surface area (Å²) < 4.78 is 4.54. The highest BCUT2D eigenvalue weighted by atomic mass is 16.5. The molecule has 3 nitrogen and oxygen atoms in total. The van der Waals surface area contributed by atoms with Gasteiger partial charge in [-0.15, -0.1) is 6.58 Å². The van der Waals surface area contributed by atoms with Crippen LogP contribution in [0.5, 0.6) is 5.75 Å². The zero-order chi connectivity index (χ0) is 11.3. The third-order valence-electron chi connectivity index (χ3n) is 2.09. The Balaban J connectivity index is 2.81. The number of phenols is 1. The first-order chi connectivity index (χ1) is 7.17. The quantitative estimate of drug-likeness (QED) is 0.604. The number of allylic oxidation sites excluding steroid dienone is 1. The van der Waals surface area contributed by atoms with E-state index in [0.29, 0.717) is 6.42 Å². The number of hydrogen-bond donors (Lipinski definition) is 1. The molecule has 0 aromatic heterocycles. The molecule has 3 heteroatoms. The van der Waals surface area contributed by atoms with Crippen LogP contribution in [0.1, 0.15) is 11.1 Å². The van der Waals surface area contributed by atoms with Crippen molar-refractivity contribution < 1.29 is 14.6 Å². The van der Waals surface area contributed by atoms with Gasteiger partial charge >= 0.3 is 5.97 Å². The summed E-state index contributed by atoms with van der Waals surface area (Å²) >= 11 is 0. The summed E-state index contributed by atoms with van der Waals surface area (Å²) in [6.07, 6.45) is 2.51. The Labute approximate surface area is 89.0 Å². The van der Waals surface area contributed by atoms with E-state index in [0.717, 1.165) is 11.1 Å². The minimum Gasteiger partial charge on any atom is -0.508 e. The van der Waals surface area contributed by atoms with Gasteiger partial charge in [0.2, 0.25) is 0 Å². The molecule has 0 heterocycles. The lowest BCUT2D eigenvalue weighted by Gasteiger charge is -2.04. The summed E-state index contributed by atoms with van der Waals surface area (Å²) in [6.45, 7) is 3.60. The van der Waals surface area contributed by atoms with Crippen molar-refractivity contribution in [2.45, 2.75) is 12.8 Å². The Morgan fingerprint density at radius 1 is 1.60 bits per heavy atom. The molecule has 0 unspecified atom stereocenters. The molecule has 0 radical (unpaired) electrons. The van der Waals surface area contributed by atoms with Gasteiger partial charge in [0.1, 0.15) is 5.75 Å². The Morgan fingerprint density at radius 2 is 2.33 bits per heavy atom. The average molecular weight is 206 g/mol. The summed E-state index contributed by atoms with van der Waals surface area (Å²) in [5, 5.41) is 9.61. The van der Waals surface area contributed by atoms with Crippen molar-refractivity contribution in [1.82, 2.24) is 0 Å². The second-order valence-electron chi connectivity index (χ2n) is 3.21. The number of aromatic hydroxyl groups is 1. The molecule has 0 fully saturated rings. The van der Waals surface area contributed by atoms with Crippen LogP contribution >= 0.6 is 0 Å². The minimum atomic E-state index is -0.314. The Kier molecular flexibility index (Phi) is 3.92. The molecular weight excluding hydrogens is 192 g/mol. The van der Waals surface area contributed by atoms with Gasteiger partial charge in [0.15, 0.2) is 0 Å². The molecule has 0 amide bonds. The number of esters is 1. The topological polar surface area (TPSA) is 46.5 Å². The van der Waals surface area contributed by atoms with Crippen LogP contribution in [-0.4, -0.2) is 18.2 Å². The van der Waals surface area contributed by atoms with Crippen LogP contribution in [0.2, 0.25) is 0 Å². The molecule has 1 rings (SSSR count). The summed E-state index contributed by atoms with van der Waals surface area (Å²) in [5.74, 6) is -0.123. The summed E-state index contributed by atoms with van der Waals surface area (Å²) in [6, 6.07) is 5.17. The van der Waals surface area contributed by atoms with E-state index in [2.05, 4.69) is 11.3 Å². The Bertz CT molecular complexity index is 369. The van der Waals surface area contributed by atoms with Gasteiger partial charge in [-0.25, -0.2) is 0 Å². The number of phenolic OH excluding ortho intramolecular Hbond substituents is 1. The average Bonchev–Trinajstić information content (AvgIpc) is 2.22. The number of ether oxygens (including phenoxy) is 1. The fourth-order valence-electron chi connectivity index (χ4n) is 1.29. The van der Waals surface area contributed by atoms with Gasteiger partial charge in [0.25, 0.3) is 0 Å². The van der Waals surface area contributed by atoms with Crippen molar-refractivity contribution in [3.8, 4) is 5.75 Å². The highest BCUT2D eigenvalue weighted by molar-refractivity contribution is 5.72. The summed E-state index contributed by atoms with van der Waals surface area (Å²) in [4.78, 5) is 11.0. The van der Waals surface area contributed by atoms with Gasteiger partial charge in [-0.2, -0.15) is 0 Å². The summed E-state index contributed by atoms with van der Waals surface area (Å²) in [5.41, 5.74) is 1.55. The fraction of sp³-hybridized carbons (Fsp3) is 0.250. The normalized spacial score (nSPS) is 9.67. The van der Waals surface area contributed by atoms with Crippen LogP contribution in [0.15, 0.2) is 30.9 Å². The van der Waals surface area contributed by atoms with Gasteiger partial charge in [-0.3, -0.25) is 4.79 Å². The lowest BCUT2D eigenvalue weighted by molar-refractivity contribution is -0.139. The van der Waals surface area contributed by atoms with Crippen LogP contribution in [0.3, 0.4) is 0 Å². The smallest absolute Gasteiger partial charge is 0.309 e. The molecule has 0 atom stereocenters. The lowest BCUT2D eigenvalue weighted by atomic mass is 10.1. The van der Waals surface area contributed by atoms with Crippen LogP contribution in [0, 0.1) is 0 Å². The second kappa shape index (κ2) is 5.20. The van der Waals surface area contributed by atoms with Gasteiger partial charge < -0.3 is 9.84 Å². The molecule has 15 heavy (non-hydrogen) atoms. The number of carbonyl (C=O) groups excluding carboxylic acids is 1. The van der Waals surface area contributed by atoms with E-state index in [9.17, 15) is 9.90 Å². The number of hydrogen-bond acceptors (Lipinski definition) is 3. The van der Waals surface area contributed by atoms with E-state index in [1.54, 1.807) is 24.3 Å². The molecule has 0 aliphatic rings. The van der Waals surface area contributed by atoms with Crippen molar-refractivity contribution in [3.63, 3.8) is 0 Å².